The number of hydrogen-bond acceptors (Lipinski definition) is 3. The number of halogens is 3. The number of carbonyl (C=O) groups is 2. The topological polar surface area (TPSA) is 81.4 Å². The van der Waals surface area contributed by atoms with Gasteiger partial charge in [0.2, 0.25) is 5.91 Å². The fraction of sp³-hybridized carbons (Fsp3) is 0.231. The van der Waals surface area contributed by atoms with Crippen molar-refractivity contribution < 1.29 is 27.5 Å². The van der Waals surface area contributed by atoms with Crippen LogP contribution in [-0.2, 0) is 4.79 Å². The Hall–Kier alpha value is -2.69. The molecule has 0 aliphatic rings. The molecule has 1 rings (SSSR count). The molecule has 3 N–H and O–H groups in total. The number of rotatable bonds is 5. The summed E-state index contributed by atoms with van der Waals surface area (Å²) in [5.74, 6) is -0.400. The Kier molecular flexibility index (Phi) is 5.18. The molecule has 0 bridgehead atoms. The number of hydrogen-bond donors (Lipinski definition) is 2. The Balaban J connectivity index is 2.97. The molecule has 21 heavy (non-hydrogen) atoms. The largest absolute Gasteiger partial charge is 0.573 e. The smallest absolute Gasteiger partial charge is 0.405 e. The van der Waals surface area contributed by atoms with Gasteiger partial charge in [0, 0.05) is 6.42 Å². The van der Waals surface area contributed by atoms with E-state index in [2.05, 4.69) is 16.0 Å². The van der Waals surface area contributed by atoms with Crippen molar-refractivity contribution in [3.05, 3.63) is 29.8 Å². The van der Waals surface area contributed by atoms with Crippen molar-refractivity contribution in [3.63, 3.8) is 0 Å². The summed E-state index contributed by atoms with van der Waals surface area (Å²) in [6.07, 6.45) is -0.111. The highest BCUT2D eigenvalue weighted by molar-refractivity contribution is 5.99. The highest BCUT2D eigenvalue weighted by atomic mass is 19.4. The molecule has 0 spiro atoms. The molecule has 0 fully saturated rings. The molecule has 0 heterocycles. The lowest BCUT2D eigenvalue weighted by molar-refractivity contribution is -0.274. The van der Waals surface area contributed by atoms with Gasteiger partial charge in [-0.05, 0) is 12.1 Å². The Bertz CT molecular complexity index is 579. The standard InChI is InChI=1S/C13H11F3N2O3/c1-2-5-9(11(17)19)18-12(20)8-6-3-4-7-10(8)21-13(14,15)16/h1,3-4,6-7,9H,5H2,(H2,17,19)(H,18,20)/t9-/m0/s1. The van der Waals surface area contributed by atoms with Crippen LogP contribution in [0.3, 0.4) is 0 Å². The molecular formula is C13H11F3N2O3. The summed E-state index contributed by atoms with van der Waals surface area (Å²) in [6, 6.07) is 3.53. The van der Waals surface area contributed by atoms with Gasteiger partial charge in [-0.25, -0.2) is 0 Å². The number of terminal acetylenes is 1. The monoisotopic (exact) mass is 300 g/mol. The van der Waals surface area contributed by atoms with Gasteiger partial charge in [-0.2, -0.15) is 0 Å². The predicted octanol–water partition coefficient (Wildman–Crippen LogP) is 1.19. The van der Waals surface area contributed by atoms with Crippen LogP contribution in [0.25, 0.3) is 0 Å². The lowest BCUT2D eigenvalue weighted by Crippen LogP contribution is -2.44. The fourth-order valence-electron chi connectivity index (χ4n) is 1.44. The van der Waals surface area contributed by atoms with E-state index in [0.29, 0.717) is 0 Å². The highest BCUT2D eigenvalue weighted by Crippen LogP contribution is 2.26. The number of carbonyl (C=O) groups excluding carboxylic acids is 2. The Morgan fingerprint density at radius 1 is 1.38 bits per heavy atom. The molecule has 0 unspecified atom stereocenters. The molecule has 0 radical (unpaired) electrons. The molecule has 1 aromatic carbocycles. The first-order valence-electron chi connectivity index (χ1n) is 5.63. The lowest BCUT2D eigenvalue weighted by Gasteiger charge is -2.16. The van der Waals surface area contributed by atoms with Crippen LogP contribution in [0.4, 0.5) is 13.2 Å². The first kappa shape index (κ1) is 16.4. The second-order valence-corrected chi connectivity index (χ2v) is 3.88. The third-order valence-corrected chi connectivity index (χ3v) is 2.33. The summed E-state index contributed by atoms with van der Waals surface area (Å²) in [5.41, 5.74) is 4.64. The van der Waals surface area contributed by atoms with Gasteiger partial charge in [-0.15, -0.1) is 25.5 Å². The van der Waals surface area contributed by atoms with Crippen molar-refractivity contribution in [1.82, 2.24) is 5.32 Å². The maximum Gasteiger partial charge on any atom is 0.573 e. The van der Waals surface area contributed by atoms with Crippen LogP contribution in [0.5, 0.6) is 5.75 Å². The van der Waals surface area contributed by atoms with Gasteiger partial charge in [-0.3, -0.25) is 9.59 Å². The van der Waals surface area contributed by atoms with Gasteiger partial charge in [0.1, 0.15) is 11.8 Å². The third kappa shape index (κ3) is 5.06. The minimum absolute atomic E-state index is 0.177. The van der Waals surface area contributed by atoms with Gasteiger partial charge in [0.15, 0.2) is 0 Å². The summed E-state index contributed by atoms with van der Waals surface area (Å²) >= 11 is 0. The van der Waals surface area contributed by atoms with Crippen molar-refractivity contribution in [1.29, 1.82) is 0 Å². The zero-order chi connectivity index (χ0) is 16.0. The average molecular weight is 300 g/mol. The molecule has 0 saturated carbocycles. The maximum atomic E-state index is 12.2. The Labute approximate surface area is 118 Å². The van der Waals surface area contributed by atoms with Crippen LogP contribution in [0.15, 0.2) is 24.3 Å². The molecule has 0 aliphatic heterocycles. The molecule has 0 aromatic heterocycles. The highest BCUT2D eigenvalue weighted by Gasteiger charge is 2.33. The molecule has 1 atom stereocenters. The second kappa shape index (κ2) is 6.65. The van der Waals surface area contributed by atoms with Crippen LogP contribution >= 0.6 is 0 Å². The van der Waals surface area contributed by atoms with Crippen molar-refractivity contribution in [3.8, 4) is 18.1 Å². The summed E-state index contributed by atoms with van der Waals surface area (Å²) < 4.78 is 40.5. The van der Waals surface area contributed by atoms with Crippen molar-refractivity contribution in [2.75, 3.05) is 0 Å². The van der Waals surface area contributed by atoms with E-state index in [1.807, 2.05) is 0 Å². The molecule has 112 valence electrons. The molecule has 1 aromatic rings. The SMILES string of the molecule is C#CC[C@H](NC(=O)c1ccccc1OC(F)(F)F)C(N)=O. The number of benzene rings is 1. The van der Waals surface area contributed by atoms with Gasteiger partial charge in [0.05, 0.1) is 5.56 Å². The lowest BCUT2D eigenvalue weighted by atomic mass is 10.1. The summed E-state index contributed by atoms with van der Waals surface area (Å²) in [7, 11) is 0. The summed E-state index contributed by atoms with van der Waals surface area (Å²) in [6.45, 7) is 0. The van der Waals surface area contributed by atoms with E-state index < -0.39 is 35.5 Å². The number of alkyl halides is 3. The second-order valence-electron chi connectivity index (χ2n) is 3.88. The van der Waals surface area contributed by atoms with Crippen molar-refractivity contribution in [2.24, 2.45) is 5.73 Å². The van der Waals surface area contributed by atoms with Gasteiger partial charge >= 0.3 is 6.36 Å². The van der Waals surface area contributed by atoms with Crippen LogP contribution in [0.1, 0.15) is 16.8 Å². The first-order chi connectivity index (χ1) is 9.74. The van der Waals surface area contributed by atoms with E-state index in [1.165, 1.54) is 12.1 Å². The van der Waals surface area contributed by atoms with Crippen molar-refractivity contribution in [2.45, 2.75) is 18.8 Å². The van der Waals surface area contributed by atoms with Crippen molar-refractivity contribution >= 4 is 11.8 Å². The summed E-state index contributed by atoms with van der Waals surface area (Å²) in [4.78, 5) is 23.0. The van der Waals surface area contributed by atoms with E-state index in [0.717, 1.165) is 12.1 Å². The molecule has 8 heteroatoms. The average Bonchev–Trinajstić information content (AvgIpc) is 2.36. The molecular weight excluding hydrogens is 289 g/mol. The predicted molar refractivity (Wildman–Crippen MR) is 67.0 cm³/mol. The van der Waals surface area contributed by atoms with E-state index in [-0.39, 0.29) is 6.42 Å². The number of nitrogens with one attached hydrogen (secondary N) is 1. The van der Waals surface area contributed by atoms with Gasteiger partial charge < -0.3 is 15.8 Å². The van der Waals surface area contributed by atoms with Crippen LogP contribution in [-0.4, -0.2) is 24.2 Å². The molecule has 0 aliphatic carbocycles. The van der Waals surface area contributed by atoms with E-state index >= 15 is 0 Å². The minimum Gasteiger partial charge on any atom is -0.405 e. The van der Waals surface area contributed by atoms with Gasteiger partial charge in [-0.1, -0.05) is 12.1 Å². The minimum atomic E-state index is -4.95. The number of amides is 2. The van der Waals surface area contributed by atoms with E-state index in [4.69, 9.17) is 12.2 Å². The number of para-hydroxylation sites is 1. The quantitative estimate of drug-likeness (QED) is 0.802. The van der Waals surface area contributed by atoms with E-state index in [1.54, 1.807) is 0 Å². The number of nitrogens with two attached hydrogens (primary N) is 1. The molecule has 0 saturated heterocycles. The van der Waals surface area contributed by atoms with Gasteiger partial charge in [0.25, 0.3) is 5.91 Å². The molecule has 2 amide bonds. The number of ether oxygens (including phenoxy) is 1. The van der Waals surface area contributed by atoms with E-state index in [9.17, 15) is 22.8 Å². The zero-order valence-electron chi connectivity index (χ0n) is 10.6. The number of primary amides is 1. The zero-order valence-corrected chi connectivity index (χ0v) is 10.6. The summed E-state index contributed by atoms with van der Waals surface area (Å²) in [5, 5.41) is 2.16. The van der Waals surface area contributed by atoms with Crippen LogP contribution in [0.2, 0.25) is 0 Å². The van der Waals surface area contributed by atoms with Crippen LogP contribution in [0, 0.1) is 12.3 Å². The Morgan fingerprint density at radius 2 is 2.00 bits per heavy atom. The molecule has 5 nitrogen and oxygen atoms in total. The maximum absolute atomic E-state index is 12.2. The fourth-order valence-corrected chi connectivity index (χ4v) is 1.44. The third-order valence-electron chi connectivity index (χ3n) is 2.33. The Morgan fingerprint density at radius 3 is 2.52 bits per heavy atom. The first-order valence-corrected chi connectivity index (χ1v) is 5.63. The normalized spacial score (nSPS) is 12.1. The van der Waals surface area contributed by atoms with Crippen LogP contribution < -0.4 is 15.8 Å².